The van der Waals surface area contributed by atoms with Gasteiger partial charge in [-0.3, -0.25) is 0 Å². The third-order valence-electron chi connectivity index (χ3n) is 4.44. The van der Waals surface area contributed by atoms with E-state index in [0.717, 1.165) is 0 Å². The van der Waals surface area contributed by atoms with E-state index in [2.05, 4.69) is 70.0 Å². The van der Waals surface area contributed by atoms with E-state index >= 15 is 0 Å². The molecule has 1 N–H and O–H groups in total. The quantitative estimate of drug-likeness (QED) is 0.638. The molecule has 1 aliphatic rings. The third-order valence-corrected chi connectivity index (χ3v) is 21.3. The molecule has 8 heteroatoms. The van der Waals surface area contributed by atoms with Crippen molar-refractivity contribution < 1.29 is 0 Å². The van der Waals surface area contributed by atoms with Crippen LogP contribution in [0.2, 0.25) is 0 Å². The maximum Gasteiger partial charge on any atom is 0.300 e. The monoisotopic (exact) mass is 388 g/mol. The van der Waals surface area contributed by atoms with Crippen molar-refractivity contribution in [3.8, 4) is 0 Å². The van der Waals surface area contributed by atoms with Gasteiger partial charge in [0.1, 0.15) is 0 Å². The van der Waals surface area contributed by atoms with Gasteiger partial charge in [0.2, 0.25) is 9.12 Å². The van der Waals surface area contributed by atoms with Crippen molar-refractivity contribution in [1.82, 2.24) is 17.3 Å². The second-order valence-corrected chi connectivity index (χ2v) is 18.2. The molecular weight excluding hydrogens is 361 g/mol. The molecule has 0 aromatic rings. The van der Waals surface area contributed by atoms with E-state index in [1.165, 1.54) is 0 Å². The van der Waals surface area contributed by atoms with E-state index in [4.69, 9.17) is 0 Å². The van der Waals surface area contributed by atoms with Crippen LogP contribution >= 0.6 is 0 Å². The predicted octanol–water partition coefficient (Wildman–Crippen LogP) is 1.66. The van der Waals surface area contributed by atoms with Crippen molar-refractivity contribution >= 4 is 35.8 Å². The van der Waals surface area contributed by atoms with Gasteiger partial charge >= 0.3 is 8.40 Å². The SMILES string of the molecule is C=CN1[SiH2]N[SiH](C=C)N(C=C)[Si](C=C)(C=C)N(C=C)[Si]1(C=C)C=C. The van der Waals surface area contributed by atoms with E-state index in [9.17, 15) is 0 Å². The molecule has 128 valence electrons. The minimum Gasteiger partial charge on any atom is -0.402 e. The molecule has 0 spiro atoms. The van der Waals surface area contributed by atoms with Gasteiger partial charge in [0.05, 0.1) is 0 Å². The highest BCUT2D eigenvalue weighted by Gasteiger charge is 2.53. The summed E-state index contributed by atoms with van der Waals surface area (Å²) in [5.74, 6) is 0. The van der Waals surface area contributed by atoms with E-state index in [0.29, 0.717) is 0 Å². The zero-order valence-corrected chi connectivity index (χ0v) is 19.0. The van der Waals surface area contributed by atoms with Crippen molar-refractivity contribution in [3.05, 3.63) is 99.7 Å². The van der Waals surface area contributed by atoms with Crippen LogP contribution in [0.1, 0.15) is 0 Å². The van der Waals surface area contributed by atoms with Gasteiger partial charge in [-0.05, 0) is 18.6 Å². The first-order chi connectivity index (χ1) is 11.5. The van der Waals surface area contributed by atoms with Gasteiger partial charge in [-0.25, -0.2) is 0 Å². The molecule has 1 aliphatic heterocycles. The molecule has 0 aromatic carbocycles. The average Bonchev–Trinajstić information content (AvgIpc) is 2.62. The lowest BCUT2D eigenvalue weighted by Crippen LogP contribution is -2.80. The fourth-order valence-electron chi connectivity index (χ4n) is 3.15. The van der Waals surface area contributed by atoms with E-state index in [1.807, 2.05) is 47.1 Å². The summed E-state index contributed by atoms with van der Waals surface area (Å²) in [5.41, 5.74) is 10.0. The Morgan fingerprint density at radius 1 is 0.750 bits per heavy atom. The molecule has 4 nitrogen and oxygen atoms in total. The number of nitrogens with zero attached hydrogens (tertiary/aromatic N) is 3. The van der Waals surface area contributed by atoms with Crippen LogP contribution in [0.3, 0.4) is 0 Å². The molecule has 0 aromatic heterocycles. The standard InChI is InChI=1S/C16H28N4Si4/c1-9-18-21-17-22(12-4)19(10-2)24(15-7,16-8)20(11-3)23(18,13-5)14-6/h9-17,22H,1-8,21H2. The molecule has 0 saturated carbocycles. The highest BCUT2D eigenvalue weighted by Crippen LogP contribution is 2.31. The smallest absolute Gasteiger partial charge is 0.300 e. The maximum atomic E-state index is 4.14. The minimum absolute atomic E-state index is 0.816. The van der Waals surface area contributed by atoms with Gasteiger partial charge in [-0.2, -0.15) is 0 Å². The Morgan fingerprint density at radius 3 is 1.62 bits per heavy atom. The summed E-state index contributed by atoms with van der Waals surface area (Å²) in [5, 5.41) is 0. The Balaban J connectivity index is 3.84. The molecule has 0 aliphatic carbocycles. The minimum atomic E-state index is -2.55. The first-order valence-electron chi connectivity index (χ1n) is 7.64. The maximum absolute atomic E-state index is 4.14. The van der Waals surface area contributed by atoms with Crippen LogP contribution in [-0.4, -0.2) is 48.4 Å². The molecule has 0 amide bonds. The highest BCUT2D eigenvalue weighted by atomic mass is 28.5. The zero-order chi connectivity index (χ0) is 18.4. The van der Waals surface area contributed by atoms with Crippen LogP contribution in [0.25, 0.3) is 0 Å². The van der Waals surface area contributed by atoms with Crippen molar-refractivity contribution in [2.45, 2.75) is 0 Å². The van der Waals surface area contributed by atoms with Crippen LogP contribution in [-0.2, 0) is 0 Å². The molecule has 1 unspecified atom stereocenters. The van der Waals surface area contributed by atoms with Crippen molar-refractivity contribution in [2.75, 3.05) is 0 Å². The lowest BCUT2D eigenvalue weighted by molar-refractivity contribution is 0.658. The fraction of sp³-hybridized carbons (Fsp3) is 0. The highest BCUT2D eigenvalue weighted by molar-refractivity contribution is 7.05. The third kappa shape index (κ3) is 2.82. The first kappa shape index (κ1) is 20.2. The van der Waals surface area contributed by atoms with E-state index in [1.54, 1.807) is 0 Å². The number of hydrogen-bond donors (Lipinski definition) is 1. The summed E-state index contributed by atoms with van der Waals surface area (Å²) < 4.78 is 10.7. The molecule has 1 fully saturated rings. The van der Waals surface area contributed by atoms with Gasteiger partial charge in [0, 0.05) is 0 Å². The number of rotatable bonds is 8. The number of nitrogens with one attached hydrogen (secondary N) is 1. The van der Waals surface area contributed by atoms with Gasteiger partial charge < -0.3 is 17.3 Å². The molecule has 24 heavy (non-hydrogen) atoms. The van der Waals surface area contributed by atoms with Gasteiger partial charge in [0.15, 0.2) is 9.84 Å². The van der Waals surface area contributed by atoms with Crippen LogP contribution in [0.4, 0.5) is 0 Å². The van der Waals surface area contributed by atoms with Crippen LogP contribution in [0.5, 0.6) is 0 Å². The molecule has 1 atom stereocenters. The molecule has 1 saturated heterocycles. The van der Waals surface area contributed by atoms with E-state index < -0.39 is 35.8 Å². The van der Waals surface area contributed by atoms with Crippen LogP contribution in [0.15, 0.2) is 99.7 Å². The molecular formula is C16H28N4Si4. The van der Waals surface area contributed by atoms with Gasteiger partial charge in [-0.1, -0.05) is 48.2 Å². The Bertz CT molecular complexity index is 558. The molecule has 0 bridgehead atoms. The topological polar surface area (TPSA) is 21.8 Å². The zero-order valence-electron chi connectivity index (χ0n) is 14.4. The van der Waals surface area contributed by atoms with Crippen molar-refractivity contribution in [3.63, 3.8) is 0 Å². The largest absolute Gasteiger partial charge is 0.402 e. The van der Waals surface area contributed by atoms with Crippen LogP contribution in [0, 0.1) is 0 Å². The van der Waals surface area contributed by atoms with Crippen molar-refractivity contribution in [1.29, 1.82) is 0 Å². The lowest BCUT2D eigenvalue weighted by Gasteiger charge is -2.57. The summed E-state index contributed by atoms with van der Waals surface area (Å²) >= 11 is 0. The van der Waals surface area contributed by atoms with E-state index in [-0.39, 0.29) is 0 Å². The summed E-state index contributed by atoms with van der Waals surface area (Å²) in [6.45, 7) is 32.7. The summed E-state index contributed by atoms with van der Waals surface area (Å²) in [6, 6.07) is 0. The molecule has 1 rings (SSSR count). The molecule has 0 radical (unpaired) electrons. The Hall–Kier alpha value is -1.85. The summed E-state index contributed by atoms with van der Waals surface area (Å²) in [4.78, 5) is 0. The first-order valence-corrected chi connectivity index (χ1v) is 14.8. The summed E-state index contributed by atoms with van der Waals surface area (Å²) in [6.07, 6.45) is 5.67. The normalized spacial score (nSPS) is 23.3. The second-order valence-electron chi connectivity index (χ2n) is 5.22. The summed E-state index contributed by atoms with van der Waals surface area (Å²) in [7, 11) is -7.50. The van der Waals surface area contributed by atoms with Crippen molar-refractivity contribution in [2.24, 2.45) is 0 Å². The Morgan fingerprint density at radius 2 is 1.29 bits per heavy atom. The predicted molar refractivity (Wildman–Crippen MR) is 117 cm³/mol. The Kier molecular flexibility index (Phi) is 6.99. The Labute approximate surface area is 152 Å². The van der Waals surface area contributed by atoms with Gasteiger partial charge in [-0.15, -0.1) is 32.9 Å². The van der Waals surface area contributed by atoms with Gasteiger partial charge in [0.25, 0.3) is 8.40 Å². The number of hydrogen-bond acceptors (Lipinski definition) is 4. The average molecular weight is 389 g/mol. The fourth-order valence-corrected chi connectivity index (χ4v) is 22.3. The second kappa shape index (κ2) is 8.31. The lowest BCUT2D eigenvalue weighted by atomic mass is 11.1. The molecule has 1 heterocycles. The van der Waals surface area contributed by atoms with Crippen LogP contribution < -0.4 is 4.65 Å².